The van der Waals surface area contributed by atoms with Crippen LogP contribution in [0.1, 0.15) is 16.1 Å². The van der Waals surface area contributed by atoms with E-state index in [9.17, 15) is 27.6 Å². The second-order valence-corrected chi connectivity index (χ2v) is 6.92. The van der Waals surface area contributed by atoms with Crippen molar-refractivity contribution < 1.29 is 27.2 Å². The minimum absolute atomic E-state index is 0.0782. The van der Waals surface area contributed by atoms with Crippen molar-refractivity contribution >= 4 is 34.2 Å². The lowest BCUT2D eigenvalue weighted by molar-refractivity contribution is -0.136. The highest BCUT2D eigenvalue weighted by atomic mass is 19.4. The number of furan rings is 1. The van der Waals surface area contributed by atoms with Gasteiger partial charge in [-0.25, -0.2) is 4.98 Å². The molecule has 0 unspecified atom stereocenters. The largest absolute Gasteiger partial charge is 0.459 e. The Morgan fingerprint density at radius 1 is 1.18 bits per heavy atom. The quantitative estimate of drug-likeness (QED) is 0.472. The van der Waals surface area contributed by atoms with Crippen LogP contribution in [-0.4, -0.2) is 31.1 Å². The van der Waals surface area contributed by atoms with E-state index in [1.165, 1.54) is 35.3 Å². The third-order valence-corrected chi connectivity index (χ3v) is 4.63. The van der Waals surface area contributed by atoms with Gasteiger partial charge in [0.1, 0.15) is 18.3 Å². The van der Waals surface area contributed by atoms with Gasteiger partial charge in [0.05, 0.1) is 23.7 Å². The number of rotatable bonds is 5. The van der Waals surface area contributed by atoms with Crippen molar-refractivity contribution in [2.75, 3.05) is 10.6 Å². The number of fused-ring (bicyclic) bond motifs is 1. The zero-order chi connectivity index (χ0) is 23.8. The van der Waals surface area contributed by atoms with Crippen molar-refractivity contribution in [3.63, 3.8) is 0 Å². The summed E-state index contributed by atoms with van der Waals surface area (Å²) >= 11 is 0. The van der Waals surface area contributed by atoms with Crippen LogP contribution in [0.4, 0.5) is 24.5 Å². The number of nitrogens with zero attached hydrogens (tertiary/aromatic N) is 4. The average Bonchev–Trinajstić information content (AvgIpc) is 3.41. The Bertz CT molecular complexity index is 1410. The first kappa shape index (κ1) is 21.8. The number of amides is 2. The number of carbonyl (C=O) groups excluding carboxylic acids is 2. The molecule has 0 aliphatic carbocycles. The van der Waals surface area contributed by atoms with Gasteiger partial charge < -0.3 is 15.1 Å². The van der Waals surface area contributed by atoms with Crippen LogP contribution in [0.5, 0.6) is 0 Å². The Labute approximate surface area is 182 Å². The summed E-state index contributed by atoms with van der Waals surface area (Å²) in [6, 6.07) is 5.70. The van der Waals surface area contributed by atoms with Gasteiger partial charge >= 0.3 is 6.18 Å². The van der Waals surface area contributed by atoms with Crippen molar-refractivity contribution in [2.24, 2.45) is 7.05 Å². The number of nitrogens with one attached hydrogen (secondary N) is 2. The van der Waals surface area contributed by atoms with Crippen LogP contribution >= 0.6 is 0 Å². The number of halogens is 3. The SMILES string of the molecule is Cn1ncc2c(=O)n(CC(=O)Nc3ccc(NC(=O)c4ccco4)cc3C(F)(F)F)cnc21. The van der Waals surface area contributed by atoms with Crippen LogP contribution in [0, 0.1) is 0 Å². The Hall–Kier alpha value is -4.42. The van der Waals surface area contributed by atoms with E-state index < -0.39 is 41.3 Å². The van der Waals surface area contributed by atoms with Crippen LogP contribution in [0.15, 0.2) is 58.3 Å². The summed E-state index contributed by atoms with van der Waals surface area (Å²) in [4.78, 5) is 40.9. The highest BCUT2D eigenvalue weighted by molar-refractivity contribution is 6.02. The van der Waals surface area contributed by atoms with Gasteiger partial charge in [0.2, 0.25) is 5.91 Å². The van der Waals surface area contributed by atoms with Gasteiger partial charge in [-0.2, -0.15) is 18.3 Å². The molecule has 0 aliphatic rings. The van der Waals surface area contributed by atoms with Crippen molar-refractivity contribution in [2.45, 2.75) is 12.7 Å². The molecular weight excluding hydrogens is 445 g/mol. The molecule has 0 spiro atoms. The molecule has 4 aromatic rings. The monoisotopic (exact) mass is 460 g/mol. The first-order valence-electron chi connectivity index (χ1n) is 9.36. The summed E-state index contributed by atoms with van der Waals surface area (Å²) in [5, 5.41) is 8.53. The van der Waals surface area contributed by atoms with E-state index in [4.69, 9.17) is 4.42 Å². The third kappa shape index (κ3) is 4.46. The van der Waals surface area contributed by atoms with Crippen molar-refractivity contribution in [3.8, 4) is 0 Å². The Balaban J connectivity index is 1.55. The van der Waals surface area contributed by atoms with Crippen LogP contribution in [0.25, 0.3) is 11.0 Å². The van der Waals surface area contributed by atoms with Crippen molar-refractivity contribution in [1.29, 1.82) is 0 Å². The lowest BCUT2D eigenvalue weighted by atomic mass is 10.1. The van der Waals surface area contributed by atoms with Gasteiger partial charge in [-0.3, -0.25) is 23.6 Å². The average molecular weight is 460 g/mol. The smallest absolute Gasteiger partial charge is 0.418 e. The summed E-state index contributed by atoms with van der Waals surface area (Å²) in [6.07, 6.45) is -1.18. The molecular formula is C20H15F3N6O4. The summed E-state index contributed by atoms with van der Waals surface area (Å²) in [7, 11) is 1.59. The number of benzene rings is 1. The number of anilines is 2. The molecule has 0 saturated heterocycles. The van der Waals surface area contributed by atoms with E-state index in [1.54, 1.807) is 7.05 Å². The maximum atomic E-state index is 13.6. The Morgan fingerprint density at radius 2 is 1.97 bits per heavy atom. The minimum atomic E-state index is -4.83. The zero-order valence-corrected chi connectivity index (χ0v) is 16.9. The minimum Gasteiger partial charge on any atom is -0.459 e. The molecule has 2 amide bonds. The van der Waals surface area contributed by atoms with Crippen LogP contribution < -0.4 is 16.2 Å². The van der Waals surface area contributed by atoms with Gasteiger partial charge in [-0.05, 0) is 30.3 Å². The molecule has 0 bridgehead atoms. The lowest BCUT2D eigenvalue weighted by Crippen LogP contribution is -2.28. The maximum Gasteiger partial charge on any atom is 0.418 e. The highest BCUT2D eigenvalue weighted by Crippen LogP contribution is 2.36. The molecule has 0 fully saturated rings. The second-order valence-electron chi connectivity index (χ2n) is 6.92. The first-order chi connectivity index (χ1) is 15.6. The normalized spacial score (nSPS) is 11.5. The fourth-order valence-corrected chi connectivity index (χ4v) is 3.09. The molecule has 13 heteroatoms. The van der Waals surface area contributed by atoms with Gasteiger partial charge in [-0.15, -0.1) is 0 Å². The maximum absolute atomic E-state index is 13.6. The highest BCUT2D eigenvalue weighted by Gasteiger charge is 2.34. The molecule has 170 valence electrons. The van der Waals surface area contributed by atoms with E-state index in [0.717, 1.165) is 17.0 Å². The predicted octanol–water partition coefficient (Wildman–Crippen LogP) is 2.63. The second kappa shape index (κ2) is 8.26. The van der Waals surface area contributed by atoms with Crippen LogP contribution in [-0.2, 0) is 24.6 Å². The number of aryl methyl sites for hydroxylation is 1. The summed E-state index contributed by atoms with van der Waals surface area (Å²) in [6.45, 7) is -0.565. The van der Waals surface area contributed by atoms with Gasteiger partial charge in [0.15, 0.2) is 11.4 Å². The summed E-state index contributed by atoms with van der Waals surface area (Å²) in [5.74, 6) is -1.69. The summed E-state index contributed by atoms with van der Waals surface area (Å²) < 4.78 is 48.0. The number of hydrogen-bond acceptors (Lipinski definition) is 6. The molecule has 3 heterocycles. The fraction of sp³-hybridized carbons (Fsp3) is 0.150. The van der Waals surface area contributed by atoms with E-state index in [1.807, 2.05) is 0 Å². The fourth-order valence-electron chi connectivity index (χ4n) is 3.09. The van der Waals surface area contributed by atoms with Gasteiger partial charge in [0.25, 0.3) is 11.5 Å². The van der Waals surface area contributed by atoms with E-state index >= 15 is 0 Å². The Morgan fingerprint density at radius 3 is 2.67 bits per heavy atom. The van der Waals surface area contributed by atoms with Crippen molar-refractivity contribution in [3.05, 3.63) is 70.8 Å². The molecule has 10 nitrogen and oxygen atoms in total. The molecule has 0 radical (unpaired) electrons. The molecule has 0 atom stereocenters. The van der Waals surface area contributed by atoms with Crippen LogP contribution in [0.2, 0.25) is 0 Å². The summed E-state index contributed by atoms with van der Waals surface area (Å²) in [5.41, 5.74) is -2.11. The number of hydrogen-bond donors (Lipinski definition) is 2. The molecule has 0 saturated carbocycles. The Kier molecular flexibility index (Phi) is 5.45. The topological polar surface area (TPSA) is 124 Å². The van der Waals surface area contributed by atoms with Crippen LogP contribution in [0.3, 0.4) is 0 Å². The standard InChI is InChI=1S/C20H15F3N6O4/c1-28-17-12(8-25-28)19(32)29(10-24-17)9-16(30)27-14-5-4-11(7-13(14)20(21,22)23)26-18(31)15-3-2-6-33-15/h2-8,10H,9H2,1H3,(H,26,31)(H,27,30). The number of carbonyl (C=O) groups is 2. The number of alkyl halides is 3. The molecule has 33 heavy (non-hydrogen) atoms. The van der Waals surface area contributed by atoms with E-state index in [0.29, 0.717) is 11.7 Å². The van der Waals surface area contributed by atoms with E-state index in [2.05, 4.69) is 20.7 Å². The van der Waals surface area contributed by atoms with Gasteiger partial charge in [-0.1, -0.05) is 0 Å². The van der Waals surface area contributed by atoms with Gasteiger partial charge in [0, 0.05) is 12.7 Å². The molecule has 3 aromatic heterocycles. The first-order valence-corrected chi connectivity index (χ1v) is 9.36. The van der Waals surface area contributed by atoms with E-state index in [-0.39, 0.29) is 16.8 Å². The molecule has 4 rings (SSSR count). The number of aromatic nitrogens is 4. The third-order valence-electron chi connectivity index (χ3n) is 4.63. The molecule has 0 aliphatic heterocycles. The molecule has 2 N–H and O–H groups in total. The molecule has 1 aromatic carbocycles. The van der Waals surface area contributed by atoms with Crippen molar-refractivity contribution in [1.82, 2.24) is 19.3 Å². The lowest BCUT2D eigenvalue weighted by Gasteiger charge is -2.16. The predicted molar refractivity (Wildman–Crippen MR) is 110 cm³/mol. The zero-order valence-electron chi connectivity index (χ0n) is 16.9.